The topological polar surface area (TPSA) is 51.5 Å². The van der Waals surface area contributed by atoms with Gasteiger partial charge in [-0.15, -0.1) is 0 Å². The zero-order chi connectivity index (χ0) is 11.1. The van der Waals surface area contributed by atoms with Gasteiger partial charge in [0.15, 0.2) is 18.1 Å². The van der Waals surface area contributed by atoms with E-state index < -0.39 is 0 Å². The highest BCUT2D eigenvalue weighted by atomic mass is 16.5. The van der Waals surface area contributed by atoms with Crippen LogP contribution in [0.3, 0.4) is 0 Å². The van der Waals surface area contributed by atoms with Gasteiger partial charge in [0, 0.05) is 0 Å². The monoisotopic (exact) mass is 209 g/mol. The van der Waals surface area contributed by atoms with E-state index in [0.717, 1.165) is 0 Å². The van der Waals surface area contributed by atoms with Gasteiger partial charge in [0.25, 0.3) is 0 Å². The van der Waals surface area contributed by atoms with Crippen LogP contribution < -0.4 is 9.47 Å². The molecule has 1 aromatic rings. The van der Waals surface area contributed by atoms with E-state index in [1.165, 1.54) is 7.11 Å². The molecule has 0 fully saturated rings. The molecule has 0 aliphatic rings. The average Bonchev–Trinajstić information content (AvgIpc) is 2.28. The van der Waals surface area contributed by atoms with E-state index in [2.05, 4.69) is 4.74 Å². The van der Waals surface area contributed by atoms with Crippen molar-refractivity contribution < 1.29 is 14.2 Å². The van der Waals surface area contributed by atoms with Gasteiger partial charge < -0.3 is 14.2 Å². The second-order valence-electron chi connectivity index (χ2n) is 2.80. The van der Waals surface area contributed by atoms with Crippen molar-refractivity contribution in [3.8, 4) is 11.5 Å². The Hall–Kier alpha value is -1.71. The molecule has 0 amide bonds. The molecule has 1 N–H and O–H groups in total. The Morgan fingerprint density at radius 1 is 1.20 bits per heavy atom. The molecule has 0 saturated heterocycles. The molecule has 0 aliphatic heterocycles. The summed E-state index contributed by atoms with van der Waals surface area (Å²) in [6.45, 7) is 2.61. The largest absolute Gasteiger partial charge is 0.490 e. The lowest BCUT2D eigenvalue weighted by atomic mass is 10.3. The Kier molecular flexibility index (Phi) is 4.47. The second kappa shape index (κ2) is 5.90. The van der Waals surface area contributed by atoms with Crippen molar-refractivity contribution in [3.63, 3.8) is 0 Å². The number of hydrogen-bond acceptors (Lipinski definition) is 4. The van der Waals surface area contributed by atoms with Crippen LogP contribution in [-0.2, 0) is 4.74 Å². The third kappa shape index (κ3) is 3.50. The first kappa shape index (κ1) is 11.4. The molecule has 1 rings (SSSR count). The molecule has 4 heteroatoms. The number of benzene rings is 1. The quantitative estimate of drug-likeness (QED) is 0.596. The maximum absolute atomic E-state index is 7.27. The maximum Gasteiger partial charge on any atom is 0.219 e. The highest BCUT2D eigenvalue weighted by molar-refractivity contribution is 5.74. The summed E-state index contributed by atoms with van der Waals surface area (Å²) in [5.74, 6) is 1.39. The third-order valence-electron chi connectivity index (χ3n) is 1.75. The fourth-order valence-electron chi connectivity index (χ4n) is 1.05. The van der Waals surface area contributed by atoms with Gasteiger partial charge in [-0.25, -0.2) is 0 Å². The van der Waals surface area contributed by atoms with E-state index in [0.29, 0.717) is 18.1 Å². The Morgan fingerprint density at radius 2 is 1.80 bits per heavy atom. The number of hydrogen-bond donors (Lipinski definition) is 1. The Morgan fingerprint density at radius 3 is 2.33 bits per heavy atom. The average molecular weight is 209 g/mol. The van der Waals surface area contributed by atoms with Crippen molar-refractivity contribution in [3.05, 3.63) is 24.3 Å². The van der Waals surface area contributed by atoms with Crippen LogP contribution in [0.4, 0.5) is 0 Å². The zero-order valence-corrected chi connectivity index (χ0v) is 8.95. The first-order valence-corrected chi connectivity index (χ1v) is 4.74. The third-order valence-corrected chi connectivity index (χ3v) is 1.75. The minimum absolute atomic E-state index is 0.0845. The summed E-state index contributed by atoms with van der Waals surface area (Å²) in [7, 11) is 1.44. The first-order valence-electron chi connectivity index (χ1n) is 4.74. The molecule has 0 spiro atoms. The Balaban J connectivity index is 2.62. The summed E-state index contributed by atoms with van der Waals surface area (Å²) < 4.78 is 15.4. The Labute approximate surface area is 89.3 Å². The molecule has 1 aromatic carbocycles. The number of ether oxygens (including phenoxy) is 3. The summed E-state index contributed by atoms with van der Waals surface area (Å²) in [6, 6.07) is 7.36. The fraction of sp³-hybridized carbons (Fsp3) is 0.364. The number of methoxy groups -OCH3 is 1. The molecule has 0 saturated carbocycles. The van der Waals surface area contributed by atoms with Crippen LogP contribution in [-0.4, -0.2) is 26.2 Å². The molecule has 82 valence electrons. The molecule has 0 unspecified atom stereocenters. The summed E-state index contributed by atoms with van der Waals surface area (Å²) in [5, 5.41) is 7.27. The normalized spacial score (nSPS) is 9.47. The van der Waals surface area contributed by atoms with E-state index in [1.807, 2.05) is 25.1 Å². The molecule has 0 heterocycles. The van der Waals surface area contributed by atoms with Gasteiger partial charge in [-0.05, 0) is 19.1 Å². The van der Waals surface area contributed by atoms with Crippen LogP contribution >= 0.6 is 0 Å². The summed E-state index contributed by atoms with van der Waals surface area (Å²) >= 11 is 0. The molecule has 0 radical (unpaired) electrons. The lowest BCUT2D eigenvalue weighted by Crippen LogP contribution is -2.12. The van der Waals surface area contributed by atoms with Crippen molar-refractivity contribution in [1.29, 1.82) is 5.41 Å². The van der Waals surface area contributed by atoms with E-state index in [4.69, 9.17) is 14.9 Å². The first-order chi connectivity index (χ1) is 7.27. The number of nitrogens with one attached hydrogen (secondary N) is 1. The molecular formula is C11H15NO3. The highest BCUT2D eigenvalue weighted by Gasteiger charge is 2.04. The van der Waals surface area contributed by atoms with Crippen LogP contribution in [0.25, 0.3) is 0 Å². The standard InChI is InChI=1S/C11H15NO3/c1-3-14-9-6-4-5-7-10(9)15-8-11(12)13-2/h4-7,12H,3,8H2,1-2H3. The van der Waals surface area contributed by atoms with Crippen LogP contribution in [0.5, 0.6) is 11.5 Å². The van der Waals surface area contributed by atoms with Crippen LogP contribution in [0, 0.1) is 5.41 Å². The van der Waals surface area contributed by atoms with Gasteiger partial charge in [-0.3, -0.25) is 5.41 Å². The fourth-order valence-corrected chi connectivity index (χ4v) is 1.05. The molecule has 0 bridgehead atoms. The number of rotatable bonds is 5. The van der Waals surface area contributed by atoms with Crippen molar-refractivity contribution in [2.24, 2.45) is 0 Å². The lowest BCUT2D eigenvalue weighted by Gasteiger charge is -2.11. The van der Waals surface area contributed by atoms with E-state index in [1.54, 1.807) is 6.07 Å². The van der Waals surface area contributed by atoms with E-state index in [-0.39, 0.29) is 12.5 Å². The van der Waals surface area contributed by atoms with Gasteiger partial charge >= 0.3 is 0 Å². The second-order valence-corrected chi connectivity index (χ2v) is 2.80. The smallest absolute Gasteiger partial charge is 0.219 e. The van der Waals surface area contributed by atoms with E-state index >= 15 is 0 Å². The summed E-state index contributed by atoms with van der Waals surface area (Å²) in [5.41, 5.74) is 0. The lowest BCUT2D eigenvalue weighted by molar-refractivity contribution is 0.280. The molecular weight excluding hydrogens is 194 g/mol. The van der Waals surface area contributed by atoms with Gasteiger partial charge in [0.1, 0.15) is 0 Å². The van der Waals surface area contributed by atoms with Crippen LogP contribution in [0.2, 0.25) is 0 Å². The molecule has 0 atom stereocenters. The van der Waals surface area contributed by atoms with Gasteiger partial charge in [0.05, 0.1) is 13.7 Å². The maximum atomic E-state index is 7.27. The van der Waals surface area contributed by atoms with Crippen LogP contribution in [0.1, 0.15) is 6.92 Å². The van der Waals surface area contributed by atoms with Gasteiger partial charge in [-0.1, -0.05) is 12.1 Å². The molecule has 0 aromatic heterocycles. The highest BCUT2D eigenvalue weighted by Crippen LogP contribution is 2.26. The van der Waals surface area contributed by atoms with Gasteiger partial charge in [-0.2, -0.15) is 0 Å². The predicted molar refractivity (Wildman–Crippen MR) is 57.8 cm³/mol. The molecule has 0 aliphatic carbocycles. The van der Waals surface area contributed by atoms with Crippen molar-refractivity contribution in [1.82, 2.24) is 0 Å². The van der Waals surface area contributed by atoms with Crippen molar-refractivity contribution >= 4 is 5.90 Å². The Bertz CT molecular complexity index is 325. The summed E-state index contributed by atoms with van der Waals surface area (Å²) in [4.78, 5) is 0. The van der Waals surface area contributed by atoms with Gasteiger partial charge in [0.2, 0.25) is 5.90 Å². The van der Waals surface area contributed by atoms with E-state index in [9.17, 15) is 0 Å². The minimum atomic E-state index is 0.0845. The zero-order valence-electron chi connectivity index (χ0n) is 8.95. The molecule has 4 nitrogen and oxygen atoms in total. The van der Waals surface area contributed by atoms with Crippen molar-refractivity contribution in [2.75, 3.05) is 20.3 Å². The number of para-hydroxylation sites is 2. The van der Waals surface area contributed by atoms with Crippen molar-refractivity contribution in [2.45, 2.75) is 6.92 Å². The SMILES string of the molecule is CCOc1ccccc1OCC(=N)OC. The van der Waals surface area contributed by atoms with Crippen LogP contribution in [0.15, 0.2) is 24.3 Å². The minimum Gasteiger partial charge on any atom is -0.490 e. The predicted octanol–water partition coefficient (Wildman–Crippen LogP) is 2.09. The molecule has 15 heavy (non-hydrogen) atoms. The summed E-state index contributed by atoms with van der Waals surface area (Å²) in [6.07, 6.45) is 0.